The summed E-state index contributed by atoms with van der Waals surface area (Å²) >= 11 is 0. The maximum Gasteiger partial charge on any atom is 0.160 e. The van der Waals surface area contributed by atoms with E-state index in [9.17, 15) is 0 Å². The lowest BCUT2D eigenvalue weighted by atomic mass is 9.98. The highest BCUT2D eigenvalue weighted by Gasteiger charge is 2.22. The molecule has 0 radical (unpaired) electrons. The molecule has 0 bridgehead atoms. The summed E-state index contributed by atoms with van der Waals surface area (Å²) in [4.78, 5) is 9.29. The van der Waals surface area contributed by atoms with Crippen molar-refractivity contribution >= 4 is 0 Å². The Morgan fingerprint density at radius 3 is 2.50 bits per heavy atom. The molecule has 1 aliphatic rings. The first kappa shape index (κ1) is 15.4. The smallest absolute Gasteiger partial charge is 0.160 e. The van der Waals surface area contributed by atoms with E-state index >= 15 is 0 Å². The molecular weight excluding hydrogens is 254 g/mol. The molecule has 1 aromatic rings. The lowest BCUT2D eigenvalue weighted by molar-refractivity contribution is -0.0936. The number of likely N-dealkylation sites (N-methyl/N-ethyl adjacent to an activating group) is 1. The molecule has 2 unspecified atom stereocenters. The molecule has 5 nitrogen and oxygen atoms in total. The van der Waals surface area contributed by atoms with Crippen LogP contribution in [0.1, 0.15) is 48.6 Å². The van der Waals surface area contributed by atoms with Gasteiger partial charge in [-0.25, -0.2) is 9.97 Å². The Balaban J connectivity index is 2.19. The van der Waals surface area contributed by atoms with Gasteiger partial charge in [0.2, 0.25) is 0 Å². The third kappa shape index (κ3) is 3.53. The molecular formula is C15H25N3O2. The summed E-state index contributed by atoms with van der Waals surface area (Å²) in [6, 6.07) is 0. The Morgan fingerprint density at radius 1 is 1.25 bits per heavy atom. The first-order chi connectivity index (χ1) is 9.63. The molecule has 1 aliphatic heterocycles. The lowest BCUT2D eigenvalue weighted by Gasteiger charge is -2.24. The fourth-order valence-electron chi connectivity index (χ4n) is 2.71. The van der Waals surface area contributed by atoms with Gasteiger partial charge in [-0.15, -0.1) is 0 Å². The highest BCUT2D eigenvalue weighted by molar-refractivity contribution is 5.28. The number of nitrogens with one attached hydrogen (secondary N) is 1. The predicted molar refractivity (Wildman–Crippen MR) is 78.0 cm³/mol. The van der Waals surface area contributed by atoms with E-state index in [1.807, 2.05) is 0 Å². The molecule has 0 spiro atoms. The van der Waals surface area contributed by atoms with Crippen molar-refractivity contribution < 1.29 is 9.47 Å². The van der Waals surface area contributed by atoms with Gasteiger partial charge >= 0.3 is 0 Å². The van der Waals surface area contributed by atoms with Crippen molar-refractivity contribution in [3.8, 4) is 0 Å². The van der Waals surface area contributed by atoms with E-state index in [0.29, 0.717) is 25.7 Å². The molecule has 0 amide bonds. The molecule has 1 saturated heterocycles. The summed E-state index contributed by atoms with van der Waals surface area (Å²) in [5, 5.41) is 3.38. The Hall–Kier alpha value is -1.04. The standard InChI is InChI=1S/C15H25N3O2/c1-5-16-8-10(2)14-11(3)17-15(18-12(14)4)13-9-19-6-7-20-13/h10,13,16H,5-9H2,1-4H3. The highest BCUT2D eigenvalue weighted by Crippen LogP contribution is 2.24. The summed E-state index contributed by atoms with van der Waals surface area (Å²) in [6.45, 7) is 12.2. The zero-order valence-corrected chi connectivity index (χ0v) is 12.9. The minimum Gasteiger partial charge on any atom is -0.376 e. The van der Waals surface area contributed by atoms with E-state index in [1.165, 1.54) is 5.56 Å². The molecule has 20 heavy (non-hydrogen) atoms. The molecule has 0 aliphatic carbocycles. The van der Waals surface area contributed by atoms with Gasteiger partial charge in [-0.2, -0.15) is 0 Å². The van der Waals surface area contributed by atoms with Crippen LogP contribution in [0.4, 0.5) is 0 Å². The van der Waals surface area contributed by atoms with Crippen molar-refractivity contribution in [1.29, 1.82) is 0 Å². The second-order valence-electron chi connectivity index (χ2n) is 5.31. The van der Waals surface area contributed by atoms with Crippen molar-refractivity contribution in [1.82, 2.24) is 15.3 Å². The normalized spacial score (nSPS) is 20.9. The van der Waals surface area contributed by atoms with Crippen LogP contribution < -0.4 is 5.32 Å². The number of hydrogen-bond donors (Lipinski definition) is 1. The number of hydrogen-bond acceptors (Lipinski definition) is 5. The summed E-state index contributed by atoms with van der Waals surface area (Å²) in [7, 11) is 0. The van der Waals surface area contributed by atoms with E-state index in [-0.39, 0.29) is 6.10 Å². The van der Waals surface area contributed by atoms with Crippen LogP contribution in [0.3, 0.4) is 0 Å². The van der Waals surface area contributed by atoms with Gasteiger partial charge in [-0.1, -0.05) is 13.8 Å². The number of ether oxygens (including phenoxy) is 2. The first-order valence-corrected chi connectivity index (χ1v) is 7.38. The van der Waals surface area contributed by atoms with Crippen molar-refractivity contribution in [2.45, 2.75) is 39.7 Å². The second kappa shape index (κ2) is 7.11. The number of rotatable bonds is 5. The van der Waals surface area contributed by atoms with Crippen molar-refractivity contribution in [3.05, 3.63) is 22.8 Å². The van der Waals surface area contributed by atoms with Gasteiger partial charge in [0.25, 0.3) is 0 Å². The number of aryl methyl sites for hydroxylation is 2. The monoisotopic (exact) mass is 279 g/mol. The van der Waals surface area contributed by atoms with Crippen molar-refractivity contribution in [2.24, 2.45) is 0 Å². The maximum atomic E-state index is 5.68. The average molecular weight is 279 g/mol. The molecule has 2 atom stereocenters. The Morgan fingerprint density at radius 2 is 1.95 bits per heavy atom. The second-order valence-corrected chi connectivity index (χ2v) is 5.31. The van der Waals surface area contributed by atoms with Gasteiger partial charge in [0.1, 0.15) is 6.10 Å². The van der Waals surface area contributed by atoms with Gasteiger partial charge in [0, 0.05) is 17.9 Å². The highest BCUT2D eigenvalue weighted by atomic mass is 16.6. The summed E-state index contributed by atoms with van der Waals surface area (Å²) in [6.07, 6.45) is -0.126. The minimum absolute atomic E-state index is 0.126. The molecule has 1 fully saturated rings. The molecule has 1 N–H and O–H groups in total. The fraction of sp³-hybridized carbons (Fsp3) is 0.733. The summed E-state index contributed by atoms with van der Waals surface area (Å²) in [5.74, 6) is 1.16. The predicted octanol–water partition coefficient (Wildman–Crippen LogP) is 1.89. The van der Waals surface area contributed by atoms with E-state index in [2.05, 4.69) is 43.0 Å². The van der Waals surface area contributed by atoms with Crippen molar-refractivity contribution in [3.63, 3.8) is 0 Å². The Kier molecular flexibility index (Phi) is 5.46. The Bertz CT molecular complexity index is 422. The third-order valence-electron chi connectivity index (χ3n) is 3.64. The quantitative estimate of drug-likeness (QED) is 0.892. The summed E-state index contributed by atoms with van der Waals surface area (Å²) in [5.41, 5.74) is 3.34. The van der Waals surface area contributed by atoms with Crippen LogP contribution in [-0.4, -0.2) is 42.9 Å². The Labute approximate surface area is 121 Å². The fourth-order valence-corrected chi connectivity index (χ4v) is 2.71. The van der Waals surface area contributed by atoms with Gasteiger partial charge in [0.15, 0.2) is 5.82 Å². The van der Waals surface area contributed by atoms with E-state index in [1.54, 1.807) is 0 Å². The molecule has 0 saturated carbocycles. The SMILES string of the molecule is CCNCC(C)c1c(C)nc(C2COCCO2)nc1C. The van der Waals surface area contributed by atoms with E-state index in [4.69, 9.17) is 9.47 Å². The van der Waals surface area contributed by atoms with Gasteiger partial charge in [0.05, 0.1) is 19.8 Å². The van der Waals surface area contributed by atoms with Crippen LogP contribution in [0.15, 0.2) is 0 Å². The topological polar surface area (TPSA) is 56.3 Å². The zero-order valence-electron chi connectivity index (χ0n) is 12.9. The minimum atomic E-state index is -0.126. The molecule has 5 heteroatoms. The zero-order chi connectivity index (χ0) is 14.5. The van der Waals surface area contributed by atoms with Gasteiger partial charge < -0.3 is 14.8 Å². The van der Waals surface area contributed by atoms with Crippen LogP contribution in [0, 0.1) is 13.8 Å². The largest absolute Gasteiger partial charge is 0.376 e. The van der Waals surface area contributed by atoms with Crippen molar-refractivity contribution in [2.75, 3.05) is 32.9 Å². The first-order valence-electron chi connectivity index (χ1n) is 7.38. The van der Waals surface area contributed by atoms with Crippen LogP contribution in [0.2, 0.25) is 0 Å². The summed E-state index contributed by atoms with van der Waals surface area (Å²) < 4.78 is 11.1. The molecule has 2 heterocycles. The number of aromatic nitrogens is 2. The van der Waals surface area contributed by atoms with Crippen LogP contribution in [-0.2, 0) is 9.47 Å². The molecule has 2 rings (SSSR count). The maximum absolute atomic E-state index is 5.68. The molecule has 1 aromatic heterocycles. The van der Waals surface area contributed by atoms with Gasteiger partial charge in [-0.05, 0) is 31.9 Å². The van der Waals surface area contributed by atoms with Crippen LogP contribution in [0.25, 0.3) is 0 Å². The van der Waals surface area contributed by atoms with E-state index in [0.717, 1.165) is 30.3 Å². The molecule has 112 valence electrons. The van der Waals surface area contributed by atoms with Gasteiger partial charge in [-0.3, -0.25) is 0 Å². The molecule has 0 aromatic carbocycles. The van der Waals surface area contributed by atoms with Crippen LogP contribution >= 0.6 is 0 Å². The number of nitrogens with zero attached hydrogens (tertiary/aromatic N) is 2. The average Bonchev–Trinajstić information content (AvgIpc) is 2.45. The van der Waals surface area contributed by atoms with E-state index < -0.39 is 0 Å². The third-order valence-corrected chi connectivity index (χ3v) is 3.64. The van der Waals surface area contributed by atoms with Crippen LogP contribution in [0.5, 0.6) is 0 Å². The lowest BCUT2D eigenvalue weighted by Crippen LogP contribution is -2.25.